The van der Waals surface area contributed by atoms with Gasteiger partial charge in [-0.15, -0.1) is 11.8 Å². The van der Waals surface area contributed by atoms with E-state index in [9.17, 15) is 9.18 Å². The number of thiazole rings is 1. The number of carbonyl (C=O) groups is 1. The Kier molecular flexibility index (Phi) is 7.34. The second kappa shape index (κ2) is 10.6. The van der Waals surface area contributed by atoms with E-state index in [4.69, 9.17) is 4.74 Å². The van der Waals surface area contributed by atoms with Crippen LogP contribution >= 0.6 is 23.1 Å². The van der Waals surface area contributed by atoms with Crippen molar-refractivity contribution >= 4 is 44.4 Å². The second-order valence-electron chi connectivity index (χ2n) is 7.04. The molecule has 0 bridgehead atoms. The Morgan fingerprint density at radius 3 is 2.75 bits per heavy atom. The third-order valence-electron chi connectivity index (χ3n) is 4.78. The van der Waals surface area contributed by atoms with Gasteiger partial charge >= 0.3 is 0 Å². The van der Waals surface area contributed by atoms with Gasteiger partial charge in [0.05, 0.1) is 29.6 Å². The Bertz CT molecular complexity index is 1180. The average Bonchev–Trinajstić information content (AvgIpc) is 3.24. The number of ether oxygens (including phenoxy) is 1. The maximum atomic E-state index is 13.6. The van der Waals surface area contributed by atoms with Crippen molar-refractivity contribution in [1.29, 1.82) is 0 Å². The van der Waals surface area contributed by atoms with E-state index < -0.39 is 0 Å². The number of benzene rings is 2. The summed E-state index contributed by atoms with van der Waals surface area (Å²) in [5, 5.41) is 0.559. The van der Waals surface area contributed by atoms with Crippen molar-refractivity contribution in [1.82, 2.24) is 9.97 Å². The molecule has 4 rings (SSSR count). The Morgan fingerprint density at radius 1 is 1.16 bits per heavy atom. The van der Waals surface area contributed by atoms with Crippen molar-refractivity contribution in [3.8, 4) is 5.75 Å². The molecule has 0 aliphatic carbocycles. The monoisotopic (exact) mass is 467 g/mol. The number of thioether (sulfide) groups is 1. The highest BCUT2D eigenvalue weighted by Crippen LogP contribution is 2.31. The third kappa shape index (κ3) is 5.63. The molecule has 0 unspecified atom stereocenters. The Labute approximate surface area is 194 Å². The zero-order valence-corrected chi connectivity index (χ0v) is 19.2. The summed E-state index contributed by atoms with van der Waals surface area (Å²) < 4.78 is 19.5. The molecule has 0 aliphatic heterocycles. The molecule has 2 heterocycles. The van der Waals surface area contributed by atoms with Gasteiger partial charge in [-0.1, -0.05) is 17.4 Å². The number of methoxy groups -OCH3 is 1. The summed E-state index contributed by atoms with van der Waals surface area (Å²) in [5.41, 5.74) is 1.46. The van der Waals surface area contributed by atoms with Crippen molar-refractivity contribution < 1.29 is 13.9 Å². The van der Waals surface area contributed by atoms with E-state index >= 15 is 0 Å². The van der Waals surface area contributed by atoms with E-state index in [1.807, 2.05) is 42.5 Å². The number of aromatic nitrogens is 2. The van der Waals surface area contributed by atoms with Crippen LogP contribution in [0.5, 0.6) is 5.75 Å². The number of hydrogen-bond donors (Lipinski definition) is 0. The highest BCUT2D eigenvalue weighted by atomic mass is 32.2. The lowest BCUT2D eigenvalue weighted by Gasteiger charge is -2.19. The van der Waals surface area contributed by atoms with Crippen LogP contribution in [0.2, 0.25) is 0 Å². The first-order valence-electron chi connectivity index (χ1n) is 10.2. The second-order valence-corrected chi connectivity index (χ2v) is 9.21. The Morgan fingerprint density at radius 2 is 2.00 bits per heavy atom. The van der Waals surface area contributed by atoms with Gasteiger partial charge in [-0.05, 0) is 66.8 Å². The molecule has 32 heavy (non-hydrogen) atoms. The molecule has 2 aromatic carbocycles. The number of rotatable bonds is 9. The molecule has 4 aromatic rings. The van der Waals surface area contributed by atoms with Crippen molar-refractivity contribution in [3.05, 3.63) is 78.4 Å². The molecule has 0 saturated carbocycles. The van der Waals surface area contributed by atoms with Gasteiger partial charge in [0, 0.05) is 17.5 Å². The fraction of sp³-hybridized carbons (Fsp3) is 0.208. The predicted molar refractivity (Wildman–Crippen MR) is 128 cm³/mol. The molecule has 0 aliphatic rings. The molecule has 2 aromatic heterocycles. The van der Waals surface area contributed by atoms with Crippen molar-refractivity contribution in [3.63, 3.8) is 0 Å². The lowest BCUT2D eigenvalue weighted by atomic mass is 10.2. The first kappa shape index (κ1) is 22.2. The number of carbonyl (C=O) groups excluding carboxylic acids is 1. The van der Waals surface area contributed by atoms with Gasteiger partial charge in [0.1, 0.15) is 11.6 Å². The molecule has 1 amide bonds. The smallest absolute Gasteiger partial charge is 0.229 e. The van der Waals surface area contributed by atoms with E-state index in [1.54, 1.807) is 36.0 Å². The van der Waals surface area contributed by atoms with Gasteiger partial charge in [0.25, 0.3) is 0 Å². The van der Waals surface area contributed by atoms with E-state index in [0.717, 1.165) is 28.5 Å². The summed E-state index contributed by atoms with van der Waals surface area (Å²) in [4.78, 5) is 24.9. The Balaban J connectivity index is 1.44. The van der Waals surface area contributed by atoms with Crippen LogP contribution in [0.4, 0.5) is 9.52 Å². The van der Waals surface area contributed by atoms with Gasteiger partial charge in [-0.2, -0.15) is 0 Å². The van der Waals surface area contributed by atoms with Crippen LogP contribution in [0.1, 0.15) is 18.5 Å². The lowest BCUT2D eigenvalue weighted by Crippen LogP contribution is -2.30. The molecule has 0 saturated heterocycles. The van der Waals surface area contributed by atoms with Gasteiger partial charge in [0.2, 0.25) is 5.91 Å². The number of nitrogens with zero attached hydrogens (tertiary/aromatic N) is 3. The molecule has 0 radical (unpaired) electrons. The molecule has 0 fully saturated rings. The van der Waals surface area contributed by atoms with Crippen LogP contribution < -0.4 is 9.64 Å². The zero-order chi connectivity index (χ0) is 22.3. The predicted octanol–water partition coefficient (Wildman–Crippen LogP) is 5.94. The van der Waals surface area contributed by atoms with E-state index in [-0.39, 0.29) is 11.7 Å². The molecule has 0 atom stereocenters. The summed E-state index contributed by atoms with van der Waals surface area (Å²) in [6, 6.07) is 18.0. The molecule has 0 spiro atoms. The quantitative estimate of drug-likeness (QED) is 0.225. The number of anilines is 1. The number of pyridine rings is 1. The molecule has 5 nitrogen and oxygen atoms in total. The van der Waals surface area contributed by atoms with Crippen LogP contribution in [0, 0.1) is 5.82 Å². The number of hydrogen-bond acceptors (Lipinski definition) is 6. The number of fused-ring (bicyclic) bond motifs is 1. The highest BCUT2D eigenvalue weighted by molar-refractivity contribution is 7.99. The van der Waals surface area contributed by atoms with Gasteiger partial charge in [-0.3, -0.25) is 14.7 Å². The van der Waals surface area contributed by atoms with Crippen molar-refractivity contribution in [2.24, 2.45) is 0 Å². The molecule has 8 heteroatoms. The minimum atomic E-state index is -0.314. The minimum Gasteiger partial charge on any atom is -0.497 e. The van der Waals surface area contributed by atoms with Crippen molar-refractivity contribution in [2.75, 3.05) is 17.8 Å². The minimum absolute atomic E-state index is 0.0227. The van der Waals surface area contributed by atoms with E-state index in [0.29, 0.717) is 28.3 Å². The fourth-order valence-electron chi connectivity index (χ4n) is 3.14. The number of amides is 1. The summed E-state index contributed by atoms with van der Waals surface area (Å²) in [5.74, 6) is 1.31. The van der Waals surface area contributed by atoms with Crippen LogP contribution in [-0.4, -0.2) is 28.7 Å². The fourth-order valence-corrected chi connectivity index (χ4v) is 5.00. The van der Waals surface area contributed by atoms with E-state index in [1.165, 1.54) is 23.5 Å². The largest absolute Gasteiger partial charge is 0.497 e. The topological polar surface area (TPSA) is 55.3 Å². The highest BCUT2D eigenvalue weighted by Gasteiger charge is 2.20. The average molecular weight is 468 g/mol. The first-order valence-corrected chi connectivity index (χ1v) is 12.0. The van der Waals surface area contributed by atoms with Gasteiger partial charge in [-0.25, -0.2) is 9.37 Å². The molecule has 164 valence electrons. The van der Waals surface area contributed by atoms with Crippen LogP contribution in [-0.2, 0) is 11.3 Å². The lowest BCUT2D eigenvalue weighted by molar-refractivity contribution is -0.118. The van der Waals surface area contributed by atoms with Gasteiger partial charge in [0.15, 0.2) is 5.13 Å². The van der Waals surface area contributed by atoms with Crippen LogP contribution in [0.3, 0.4) is 0 Å². The molecular formula is C24H22FN3O2S2. The van der Waals surface area contributed by atoms with Crippen LogP contribution in [0.25, 0.3) is 10.2 Å². The third-order valence-corrected chi connectivity index (χ3v) is 6.92. The Hall–Kier alpha value is -2.97. The maximum absolute atomic E-state index is 13.6. The summed E-state index contributed by atoms with van der Waals surface area (Å²) in [6.07, 6.45) is 2.82. The zero-order valence-electron chi connectivity index (χ0n) is 17.5. The SMILES string of the molecule is COc1ccc(SCCCC(=O)N(Cc2ccccn2)c2nc3ccc(F)cc3s2)cc1. The van der Waals surface area contributed by atoms with Crippen molar-refractivity contribution in [2.45, 2.75) is 24.3 Å². The van der Waals surface area contributed by atoms with Gasteiger partial charge < -0.3 is 4.74 Å². The first-order chi connectivity index (χ1) is 15.6. The number of halogens is 1. The summed E-state index contributed by atoms with van der Waals surface area (Å²) >= 11 is 3.02. The molecular weight excluding hydrogens is 445 g/mol. The standard InChI is InChI=1S/C24H22FN3O2S2/c1-30-19-8-10-20(11-9-19)31-14-4-6-23(29)28(16-18-5-2-3-13-26-18)24-27-21-12-7-17(25)15-22(21)32-24/h2-3,5,7-13,15H,4,6,14,16H2,1H3. The summed E-state index contributed by atoms with van der Waals surface area (Å²) in [7, 11) is 1.65. The maximum Gasteiger partial charge on any atom is 0.229 e. The molecule has 0 N–H and O–H groups in total. The summed E-state index contributed by atoms with van der Waals surface area (Å²) in [6.45, 7) is 0.327. The normalized spacial score (nSPS) is 10.9. The van der Waals surface area contributed by atoms with Crippen LogP contribution in [0.15, 0.2) is 71.8 Å². The van der Waals surface area contributed by atoms with E-state index in [2.05, 4.69) is 9.97 Å².